The molecule has 3 atom stereocenters. The predicted octanol–water partition coefficient (Wildman–Crippen LogP) is 5.60. The summed E-state index contributed by atoms with van der Waals surface area (Å²) in [6, 6.07) is 8.46. The number of hydrogen-bond acceptors (Lipinski definition) is 7. The smallest absolute Gasteiger partial charge is 0.460 e. The zero-order valence-corrected chi connectivity index (χ0v) is 25.6. The molecule has 9 heteroatoms. The van der Waals surface area contributed by atoms with Crippen LogP contribution >= 0.6 is 0 Å². The first-order valence-electron chi connectivity index (χ1n) is 13.3. The molecule has 0 spiro atoms. The Morgan fingerprint density at radius 1 is 0.947 bits per heavy atom. The highest BCUT2D eigenvalue weighted by molar-refractivity contribution is 6.80. The number of rotatable bonds is 11. The van der Waals surface area contributed by atoms with Gasteiger partial charge in [0.25, 0.3) is 0 Å². The summed E-state index contributed by atoms with van der Waals surface area (Å²) < 4.78 is 17.7. The van der Waals surface area contributed by atoms with Gasteiger partial charge in [0.05, 0.1) is 18.6 Å². The van der Waals surface area contributed by atoms with Crippen LogP contribution < -0.4 is 0 Å². The average molecular weight is 548 g/mol. The third-order valence-electron chi connectivity index (χ3n) is 7.96. The molecule has 8 nitrogen and oxygen atoms in total. The van der Waals surface area contributed by atoms with E-state index < -0.39 is 50.1 Å². The molecule has 2 rings (SSSR count). The van der Waals surface area contributed by atoms with Gasteiger partial charge >= 0.3 is 12.1 Å². The first-order chi connectivity index (χ1) is 17.5. The minimum atomic E-state index is -2.50. The monoisotopic (exact) mass is 547 g/mol. The Labute approximate surface area is 228 Å². The van der Waals surface area contributed by atoms with Gasteiger partial charge in [-0.05, 0) is 29.4 Å². The Morgan fingerprint density at radius 2 is 1.53 bits per heavy atom. The number of carbonyl (C=O) groups is 4. The van der Waals surface area contributed by atoms with Crippen molar-refractivity contribution in [2.75, 3.05) is 13.2 Å². The standard InChI is InChI=1S/C29H45NO7Si/c1-19(2)16-36-27(34)37-18-22(31)29(8,26(33)35-17-21-14-12-11-13-15-21)24-23(20(3)4)25(32)30(24)38(9,10)28(5,6)7/h11-15,19-20,23-24H,16-18H2,1-10H3. The maximum Gasteiger partial charge on any atom is 0.508 e. The number of benzene rings is 1. The highest BCUT2D eigenvalue weighted by atomic mass is 28.3. The van der Waals surface area contributed by atoms with E-state index in [9.17, 15) is 19.2 Å². The molecule has 1 heterocycles. The second-order valence-corrected chi connectivity index (χ2v) is 17.8. The van der Waals surface area contributed by atoms with Crippen LogP contribution in [0.5, 0.6) is 0 Å². The molecular formula is C29H45NO7Si. The molecule has 3 unspecified atom stereocenters. The summed E-state index contributed by atoms with van der Waals surface area (Å²) in [6.45, 7) is 19.0. The molecule has 1 aromatic rings. The summed E-state index contributed by atoms with van der Waals surface area (Å²) in [5.74, 6) is -1.97. The molecule has 1 aliphatic heterocycles. The predicted molar refractivity (Wildman–Crippen MR) is 148 cm³/mol. The van der Waals surface area contributed by atoms with Crippen LogP contribution in [0.2, 0.25) is 18.1 Å². The fourth-order valence-corrected chi connectivity index (χ4v) is 7.12. The molecule has 0 aromatic heterocycles. The number of Topliss-reactive ketones (excluding diaryl/α,β-unsaturated/α-hetero) is 1. The summed E-state index contributed by atoms with van der Waals surface area (Å²) in [6.07, 6.45) is -0.974. The number of ether oxygens (including phenoxy) is 3. The van der Waals surface area contributed by atoms with Gasteiger partial charge in [0.1, 0.15) is 12.0 Å². The van der Waals surface area contributed by atoms with Gasteiger partial charge in [-0.15, -0.1) is 0 Å². The van der Waals surface area contributed by atoms with E-state index in [0.29, 0.717) is 0 Å². The zero-order valence-electron chi connectivity index (χ0n) is 24.6. The van der Waals surface area contributed by atoms with Crippen molar-refractivity contribution in [1.29, 1.82) is 0 Å². The zero-order chi connectivity index (χ0) is 29.1. The summed E-state index contributed by atoms with van der Waals surface area (Å²) in [7, 11) is -2.50. The molecule has 1 saturated heterocycles. The molecule has 0 radical (unpaired) electrons. The van der Waals surface area contributed by atoms with Gasteiger partial charge in [-0.2, -0.15) is 0 Å². The van der Waals surface area contributed by atoms with Crippen molar-refractivity contribution in [3.8, 4) is 0 Å². The lowest BCUT2D eigenvalue weighted by Crippen LogP contribution is -2.79. The van der Waals surface area contributed by atoms with E-state index in [-0.39, 0.29) is 36.0 Å². The van der Waals surface area contributed by atoms with Crippen molar-refractivity contribution in [2.45, 2.75) is 86.2 Å². The van der Waals surface area contributed by atoms with E-state index in [1.165, 1.54) is 6.92 Å². The second-order valence-electron chi connectivity index (χ2n) is 12.7. The molecule has 1 aliphatic rings. The van der Waals surface area contributed by atoms with Crippen molar-refractivity contribution in [3.05, 3.63) is 35.9 Å². The Bertz CT molecular complexity index is 1020. The van der Waals surface area contributed by atoms with Crippen molar-refractivity contribution < 1.29 is 33.4 Å². The Balaban J connectivity index is 2.47. The quantitative estimate of drug-likeness (QED) is 0.154. The fraction of sp³-hybridized carbons (Fsp3) is 0.655. The second kappa shape index (κ2) is 12.0. The molecule has 0 saturated carbocycles. The van der Waals surface area contributed by atoms with Crippen LogP contribution in [0.1, 0.15) is 61.0 Å². The third kappa shape index (κ3) is 6.47. The number of ketones is 1. The number of β-lactam (4-membered cyclic amide) rings is 1. The van der Waals surface area contributed by atoms with E-state index >= 15 is 0 Å². The molecule has 0 bridgehead atoms. The Kier molecular flexibility index (Phi) is 9.97. The van der Waals surface area contributed by atoms with E-state index in [2.05, 4.69) is 33.9 Å². The van der Waals surface area contributed by atoms with Gasteiger partial charge < -0.3 is 18.8 Å². The molecule has 0 aliphatic carbocycles. The Hall–Kier alpha value is -2.68. The molecule has 1 aromatic carbocycles. The summed E-state index contributed by atoms with van der Waals surface area (Å²) in [5, 5.41) is -0.224. The lowest BCUT2D eigenvalue weighted by molar-refractivity contribution is -0.179. The summed E-state index contributed by atoms with van der Waals surface area (Å²) >= 11 is 0. The largest absolute Gasteiger partial charge is 0.508 e. The molecule has 212 valence electrons. The highest BCUT2D eigenvalue weighted by Gasteiger charge is 2.67. The third-order valence-corrected chi connectivity index (χ3v) is 13.3. The summed E-state index contributed by atoms with van der Waals surface area (Å²) in [4.78, 5) is 53.4. The van der Waals surface area contributed by atoms with Crippen molar-refractivity contribution in [3.63, 3.8) is 0 Å². The van der Waals surface area contributed by atoms with Crippen molar-refractivity contribution >= 4 is 32.1 Å². The van der Waals surface area contributed by atoms with Gasteiger partial charge in [0.2, 0.25) is 5.91 Å². The highest BCUT2D eigenvalue weighted by Crippen LogP contribution is 2.52. The first kappa shape index (κ1) is 31.5. The van der Waals surface area contributed by atoms with E-state index in [1.807, 2.05) is 58.0 Å². The SMILES string of the molecule is CC(C)COC(=O)OCC(=O)C(C)(C(=O)OCc1ccccc1)C1C(C(C)C)C(=O)N1[Si](C)(C)C(C)(C)C. The van der Waals surface area contributed by atoms with Gasteiger partial charge in [0, 0.05) is 0 Å². The van der Waals surface area contributed by atoms with Crippen LogP contribution in [-0.4, -0.2) is 55.9 Å². The van der Waals surface area contributed by atoms with Crippen molar-refractivity contribution in [2.24, 2.45) is 23.2 Å². The molecule has 1 amide bonds. The minimum absolute atomic E-state index is 0.0209. The molecule has 0 N–H and O–H groups in total. The van der Waals surface area contributed by atoms with Gasteiger partial charge in [0.15, 0.2) is 20.6 Å². The van der Waals surface area contributed by atoms with Crippen LogP contribution in [0.15, 0.2) is 30.3 Å². The lowest BCUT2D eigenvalue weighted by atomic mass is 9.65. The van der Waals surface area contributed by atoms with Crippen LogP contribution in [0, 0.1) is 23.2 Å². The van der Waals surface area contributed by atoms with Crippen LogP contribution in [0.3, 0.4) is 0 Å². The van der Waals surface area contributed by atoms with Crippen molar-refractivity contribution in [1.82, 2.24) is 4.57 Å². The van der Waals surface area contributed by atoms with E-state index in [1.54, 1.807) is 4.57 Å². The molecular weight excluding hydrogens is 502 g/mol. The maximum atomic E-state index is 13.8. The Morgan fingerprint density at radius 3 is 2.03 bits per heavy atom. The average Bonchev–Trinajstić information content (AvgIpc) is 2.81. The lowest BCUT2D eigenvalue weighted by Gasteiger charge is -2.62. The molecule has 1 fully saturated rings. The first-order valence-corrected chi connectivity index (χ1v) is 16.3. The van der Waals surface area contributed by atoms with E-state index in [0.717, 1.165) is 5.56 Å². The van der Waals surface area contributed by atoms with Crippen LogP contribution in [0.25, 0.3) is 0 Å². The van der Waals surface area contributed by atoms with Crippen LogP contribution in [0.4, 0.5) is 4.79 Å². The van der Waals surface area contributed by atoms with Gasteiger partial charge in [-0.3, -0.25) is 14.4 Å². The minimum Gasteiger partial charge on any atom is -0.460 e. The number of amides is 1. The number of esters is 1. The topological polar surface area (TPSA) is 99.2 Å². The maximum absolute atomic E-state index is 13.8. The van der Waals surface area contributed by atoms with E-state index in [4.69, 9.17) is 14.2 Å². The molecule has 38 heavy (non-hydrogen) atoms. The summed E-state index contributed by atoms with van der Waals surface area (Å²) in [5.41, 5.74) is -0.971. The van der Waals surface area contributed by atoms with Crippen LogP contribution in [-0.2, 0) is 35.2 Å². The number of hydrogen-bond donors (Lipinski definition) is 0. The van der Waals surface area contributed by atoms with Gasteiger partial charge in [-0.25, -0.2) is 4.79 Å². The normalized spacial score (nSPS) is 19.6. The fourth-order valence-electron chi connectivity index (χ4n) is 4.59. The number of carbonyl (C=O) groups excluding carboxylic acids is 4. The van der Waals surface area contributed by atoms with Gasteiger partial charge in [-0.1, -0.05) is 91.9 Å². The number of nitrogens with zero attached hydrogens (tertiary/aromatic N) is 1.